The Hall–Kier alpha value is -1.95. The predicted octanol–water partition coefficient (Wildman–Crippen LogP) is 2.72. The first-order valence-electron chi connectivity index (χ1n) is 6.65. The molecule has 4 nitrogen and oxygen atoms in total. The minimum absolute atomic E-state index is 0.203. The average molecular weight is 308 g/mol. The maximum Gasteiger partial charge on any atom is 0.260 e. The van der Waals surface area contributed by atoms with Crippen molar-refractivity contribution in [3.63, 3.8) is 0 Å². The number of nitrogens with zero attached hydrogens (tertiary/aromatic N) is 1. The first-order valence-corrected chi connectivity index (χ1v) is 7.53. The monoisotopic (exact) mass is 308 g/mol. The average Bonchev–Trinajstić information content (AvgIpc) is 2.87. The van der Waals surface area contributed by atoms with Crippen LogP contribution < -0.4 is 10.1 Å². The molecule has 1 amide bonds. The maximum absolute atomic E-state index is 12.8. The maximum atomic E-state index is 12.8. The van der Waals surface area contributed by atoms with Crippen LogP contribution in [0.15, 0.2) is 29.6 Å². The fourth-order valence-electron chi connectivity index (χ4n) is 1.75. The van der Waals surface area contributed by atoms with Gasteiger partial charge in [0.25, 0.3) is 5.91 Å². The molecular weight excluding hydrogens is 291 g/mol. The molecule has 0 aliphatic heterocycles. The van der Waals surface area contributed by atoms with Gasteiger partial charge in [0.2, 0.25) is 0 Å². The molecule has 1 heterocycles. The van der Waals surface area contributed by atoms with Crippen LogP contribution in [0, 0.1) is 12.7 Å². The summed E-state index contributed by atoms with van der Waals surface area (Å²) in [5.41, 5.74) is 0.977. The third kappa shape index (κ3) is 4.82. The SMILES string of the molecule is Cc1nc(CCNC(=O)[C@H](C)Oc2ccc(F)cc2)cs1. The summed E-state index contributed by atoms with van der Waals surface area (Å²) < 4.78 is 18.2. The first-order chi connectivity index (χ1) is 10.0. The van der Waals surface area contributed by atoms with Crippen LogP contribution in [0.5, 0.6) is 5.75 Å². The number of halogens is 1. The van der Waals surface area contributed by atoms with E-state index in [2.05, 4.69) is 10.3 Å². The van der Waals surface area contributed by atoms with Gasteiger partial charge in [0.05, 0.1) is 10.7 Å². The molecule has 0 saturated carbocycles. The molecule has 0 saturated heterocycles. The Bertz CT molecular complexity index is 598. The van der Waals surface area contributed by atoms with E-state index in [4.69, 9.17) is 4.74 Å². The van der Waals surface area contributed by atoms with E-state index in [1.54, 1.807) is 18.3 Å². The number of ether oxygens (including phenoxy) is 1. The quantitative estimate of drug-likeness (QED) is 0.892. The largest absolute Gasteiger partial charge is 0.481 e. The van der Waals surface area contributed by atoms with Crippen LogP contribution in [0.2, 0.25) is 0 Å². The molecule has 0 fully saturated rings. The number of nitrogens with one attached hydrogen (secondary N) is 1. The molecule has 0 aliphatic carbocycles. The Morgan fingerprint density at radius 2 is 2.14 bits per heavy atom. The summed E-state index contributed by atoms with van der Waals surface area (Å²) in [5, 5.41) is 5.80. The normalized spacial score (nSPS) is 12.0. The summed E-state index contributed by atoms with van der Waals surface area (Å²) in [4.78, 5) is 16.2. The minimum Gasteiger partial charge on any atom is -0.481 e. The van der Waals surface area contributed by atoms with E-state index in [1.807, 2.05) is 12.3 Å². The van der Waals surface area contributed by atoms with Gasteiger partial charge in [0.15, 0.2) is 6.10 Å². The van der Waals surface area contributed by atoms with Gasteiger partial charge in [0.1, 0.15) is 11.6 Å². The second kappa shape index (κ2) is 7.17. The number of hydrogen-bond acceptors (Lipinski definition) is 4. The van der Waals surface area contributed by atoms with Crippen LogP contribution in [0.1, 0.15) is 17.6 Å². The molecule has 0 bridgehead atoms. The molecule has 0 radical (unpaired) electrons. The zero-order chi connectivity index (χ0) is 15.2. The standard InChI is InChI=1S/C15H17FN2O2S/c1-10(20-14-5-3-12(16)4-6-14)15(19)17-8-7-13-9-21-11(2)18-13/h3-6,9-10H,7-8H2,1-2H3,(H,17,19)/t10-/m0/s1. The highest BCUT2D eigenvalue weighted by Crippen LogP contribution is 2.13. The van der Waals surface area contributed by atoms with Crippen LogP contribution in [-0.4, -0.2) is 23.5 Å². The summed E-state index contributed by atoms with van der Waals surface area (Å²) >= 11 is 1.59. The summed E-state index contributed by atoms with van der Waals surface area (Å²) in [6, 6.07) is 5.59. The molecule has 0 spiro atoms. The highest BCUT2D eigenvalue weighted by Gasteiger charge is 2.14. The zero-order valence-corrected chi connectivity index (χ0v) is 12.7. The fraction of sp³-hybridized carbons (Fsp3) is 0.333. The molecule has 2 aromatic rings. The van der Waals surface area contributed by atoms with Crippen molar-refractivity contribution < 1.29 is 13.9 Å². The van der Waals surface area contributed by atoms with Crippen LogP contribution in [-0.2, 0) is 11.2 Å². The number of carbonyl (C=O) groups excluding carboxylic acids is 1. The number of amides is 1. The van der Waals surface area contributed by atoms with E-state index in [-0.39, 0.29) is 11.7 Å². The Morgan fingerprint density at radius 3 is 2.76 bits per heavy atom. The number of carbonyl (C=O) groups is 1. The first kappa shape index (κ1) is 15.4. The van der Waals surface area contributed by atoms with Crippen molar-refractivity contribution in [3.8, 4) is 5.75 Å². The Balaban J connectivity index is 1.75. The van der Waals surface area contributed by atoms with Gasteiger partial charge in [0, 0.05) is 18.3 Å². The van der Waals surface area contributed by atoms with Gasteiger partial charge in [-0.15, -0.1) is 11.3 Å². The molecule has 1 aromatic carbocycles. The molecule has 2 rings (SSSR count). The number of aryl methyl sites for hydroxylation is 1. The Morgan fingerprint density at radius 1 is 1.43 bits per heavy atom. The lowest BCUT2D eigenvalue weighted by Gasteiger charge is -2.14. The summed E-state index contributed by atoms with van der Waals surface area (Å²) in [6.07, 6.45) is 0.0620. The van der Waals surface area contributed by atoms with Crippen molar-refractivity contribution >= 4 is 17.2 Å². The fourth-order valence-corrected chi connectivity index (χ4v) is 2.40. The molecule has 112 valence electrons. The molecule has 1 N–H and O–H groups in total. The van der Waals surface area contributed by atoms with Gasteiger partial charge in [-0.1, -0.05) is 0 Å². The van der Waals surface area contributed by atoms with E-state index in [1.165, 1.54) is 24.3 Å². The van der Waals surface area contributed by atoms with Crippen LogP contribution in [0.3, 0.4) is 0 Å². The lowest BCUT2D eigenvalue weighted by atomic mass is 10.3. The molecule has 0 aliphatic rings. The molecule has 1 aromatic heterocycles. The Labute approximate surface area is 127 Å². The van der Waals surface area contributed by atoms with Crippen molar-refractivity contribution in [1.82, 2.24) is 10.3 Å². The smallest absolute Gasteiger partial charge is 0.260 e. The zero-order valence-electron chi connectivity index (χ0n) is 11.9. The predicted molar refractivity (Wildman–Crippen MR) is 80.1 cm³/mol. The van der Waals surface area contributed by atoms with Gasteiger partial charge in [-0.05, 0) is 38.1 Å². The third-order valence-corrected chi connectivity index (χ3v) is 3.66. The molecule has 6 heteroatoms. The topological polar surface area (TPSA) is 51.2 Å². The highest BCUT2D eigenvalue weighted by molar-refractivity contribution is 7.09. The van der Waals surface area contributed by atoms with E-state index in [0.717, 1.165) is 10.7 Å². The van der Waals surface area contributed by atoms with Crippen molar-refractivity contribution in [2.75, 3.05) is 6.54 Å². The van der Waals surface area contributed by atoms with Crippen molar-refractivity contribution in [3.05, 3.63) is 46.2 Å². The number of rotatable bonds is 6. The molecule has 1 atom stereocenters. The number of aromatic nitrogens is 1. The second-order valence-electron chi connectivity index (χ2n) is 4.61. The van der Waals surface area contributed by atoms with Crippen molar-refractivity contribution in [2.45, 2.75) is 26.4 Å². The second-order valence-corrected chi connectivity index (χ2v) is 5.68. The number of benzene rings is 1. The van der Waals surface area contributed by atoms with Gasteiger partial charge in [-0.2, -0.15) is 0 Å². The van der Waals surface area contributed by atoms with Gasteiger partial charge in [-0.3, -0.25) is 4.79 Å². The van der Waals surface area contributed by atoms with Crippen molar-refractivity contribution in [1.29, 1.82) is 0 Å². The Kier molecular flexibility index (Phi) is 5.27. The minimum atomic E-state index is -0.632. The van der Waals surface area contributed by atoms with Crippen molar-refractivity contribution in [2.24, 2.45) is 0 Å². The lowest BCUT2D eigenvalue weighted by molar-refractivity contribution is -0.127. The van der Waals surface area contributed by atoms with Gasteiger partial charge >= 0.3 is 0 Å². The number of hydrogen-bond donors (Lipinski definition) is 1. The van der Waals surface area contributed by atoms with Crippen LogP contribution in [0.25, 0.3) is 0 Å². The van der Waals surface area contributed by atoms with E-state index in [9.17, 15) is 9.18 Å². The van der Waals surface area contributed by atoms with Gasteiger partial charge in [-0.25, -0.2) is 9.37 Å². The lowest BCUT2D eigenvalue weighted by Crippen LogP contribution is -2.37. The van der Waals surface area contributed by atoms with Crippen LogP contribution in [0.4, 0.5) is 4.39 Å². The summed E-state index contributed by atoms with van der Waals surface area (Å²) in [7, 11) is 0. The van der Waals surface area contributed by atoms with E-state index < -0.39 is 6.10 Å². The molecule has 0 unspecified atom stereocenters. The van der Waals surface area contributed by atoms with Gasteiger partial charge < -0.3 is 10.1 Å². The van der Waals surface area contributed by atoms with Crippen LogP contribution >= 0.6 is 11.3 Å². The van der Waals surface area contributed by atoms with E-state index >= 15 is 0 Å². The molecule has 21 heavy (non-hydrogen) atoms. The molecular formula is C15H17FN2O2S. The van der Waals surface area contributed by atoms with E-state index in [0.29, 0.717) is 18.7 Å². The number of thiazole rings is 1. The summed E-state index contributed by atoms with van der Waals surface area (Å²) in [5.74, 6) is -0.0709. The highest BCUT2D eigenvalue weighted by atomic mass is 32.1. The third-order valence-electron chi connectivity index (χ3n) is 2.84. The summed E-state index contributed by atoms with van der Waals surface area (Å²) in [6.45, 7) is 4.12.